The summed E-state index contributed by atoms with van der Waals surface area (Å²) in [5.74, 6) is 0.115. The van der Waals surface area contributed by atoms with Crippen LogP contribution in [0.25, 0.3) is 0 Å². The molecule has 0 spiro atoms. The Morgan fingerprint density at radius 3 is 2.86 bits per heavy atom. The summed E-state index contributed by atoms with van der Waals surface area (Å²) < 4.78 is 0. The summed E-state index contributed by atoms with van der Waals surface area (Å²) >= 11 is 3.38. The van der Waals surface area contributed by atoms with Gasteiger partial charge in [0.2, 0.25) is 5.91 Å². The lowest BCUT2D eigenvalue weighted by Gasteiger charge is -2.31. The molecular formula is C15H19NO3S2. The van der Waals surface area contributed by atoms with Gasteiger partial charge in [0.15, 0.2) is 0 Å². The van der Waals surface area contributed by atoms with Crippen molar-refractivity contribution >= 4 is 35.0 Å². The molecule has 1 aliphatic carbocycles. The average Bonchev–Trinajstić information content (AvgIpc) is 3.06. The summed E-state index contributed by atoms with van der Waals surface area (Å²) in [5, 5.41) is 14.1. The van der Waals surface area contributed by atoms with Gasteiger partial charge in [-0.3, -0.25) is 9.59 Å². The molecule has 0 radical (unpaired) electrons. The van der Waals surface area contributed by atoms with Crippen molar-refractivity contribution in [3.8, 4) is 0 Å². The molecule has 6 heteroatoms. The predicted molar refractivity (Wildman–Crippen MR) is 84.8 cm³/mol. The van der Waals surface area contributed by atoms with Gasteiger partial charge in [-0.2, -0.15) is 0 Å². The number of amides is 1. The van der Waals surface area contributed by atoms with Gasteiger partial charge in [0.05, 0.1) is 12.0 Å². The number of thiophene rings is 1. The van der Waals surface area contributed by atoms with Gasteiger partial charge in [0.25, 0.3) is 0 Å². The second-order valence-electron chi connectivity index (χ2n) is 5.85. The summed E-state index contributed by atoms with van der Waals surface area (Å²) in [6.07, 6.45) is 4.61. The summed E-state index contributed by atoms with van der Waals surface area (Å²) in [5.41, 5.74) is 0.592. The number of hydrogen-bond acceptors (Lipinski definition) is 4. The smallest absolute Gasteiger partial charge is 0.305 e. The maximum Gasteiger partial charge on any atom is 0.305 e. The van der Waals surface area contributed by atoms with Crippen molar-refractivity contribution in [2.45, 2.75) is 49.3 Å². The van der Waals surface area contributed by atoms with Crippen LogP contribution in [-0.2, 0) is 16.0 Å². The summed E-state index contributed by atoms with van der Waals surface area (Å²) in [6, 6.07) is 2.04. The zero-order valence-electron chi connectivity index (χ0n) is 11.8. The highest BCUT2D eigenvalue weighted by Crippen LogP contribution is 2.41. The molecular weight excluding hydrogens is 306 g/mol. The van der Waals surface area contributed by atoms with E-state index in [-0.39, 0.29) is 17.6 Å². The Hall–Kier alpha value is -1.01. The van der Waals surface area contributed by atoms with E-state index in [2.05, 4.69) is 5.32 Å². The van der Waals surface area contributed by atoms with Crippen LogP contribution in [0.3, 0.4) is 0 Å². The molecule has 3 rings (SSSR count). The van der Waals surface area contributed by atoms with Crippen LogP contribution < -0.4 is 5.32 Å². The van der Waals surface area contributed by atoms with Gasteiger partial charge >= 0.3 is 5.97 Å². The molecule has 1 unspecified atom stereocenters. The normalized spacial score (nSPS) is 23.5. The van der Waals surface area contributed by atoms with Gasteiger partial charge in [-0.05, 0) is 42.0 Å². The van der Waals surface area contributed by atoms with E-state index in [1.807, 2.05) is 11.4 Å². The molecule has 2 N–H and O–H groups in total. The number of nitrogens with one attached hydrogen (secondary N) is 1. The number of hydrogen-bond donors (Lipinski definition) is 2. The first-order valence-electron chi connectivity index (χ1n) is 7.31. The number of carboxylic acid groups (broad SMARTS) is 1. The minimum absolute atomic E-state index is 0.0116. The van der Waals surface area contributed by atoms with Crippen LogP contribution in [0.15, 0.2) is 11.4 Å². The Morgan fingerprint density at radius 2 is 2.14 bits per heavy atom. The first kappa shape index (κ1) is 14.9. The zero-order chi connectivity index (χ0) is 14.9. The Morgan fingerprint density at radius 1 is 1.38 bits per heavy atom. The monoisotopic (exact) mass is 325 g/mol. The Labute approximate surface area is 132 Å². The fraction of sp³-hybridized carbons (Fsp3) is 0.600. The van der Waals surface area contributed by atoms with E-state index < -0.39 is 11.5 Å². The van der Waals surface area contributed by atoms with Gasteiger partial charge in [-0.1, -0.05) is 12.8 Å². The van der Waals surface area contributed by atoms with Crippen LogP contribution in [0.2, 0.25) is 0 Å². The number of carbonyl (C=O) groups excluding carboxylic acids is 1. The Kier molecular flexibility index (Phi) is 4.26. The number of aliphatic carboxylic acids is 1. The molecule has 1 fully saturated rings. The maximum atomic E-state index is 12.7. The highest BCUT2D eigenvalue weighted by molar-refractivity contribution is 8.00. The van der Waals surface area contributed by atoms with Gasteiger partial charge in [0, 0.05) is 4.88 Å². The van der Waals surface area contributed by atoms with Crippen molar-refractivity contribution in [2.24, 2.45) is 0 Å². The SMILES string of the molecule is O=C(O)CC1(NC(=O)C2SCCc3sccc32)CCCC1. The van der Waals surface area contributed by atoms with Gasteiger partial charge in [-0.15, -0.1) is 23.1 Å². The second kappa shape index (κ2) is 6.01. The van der Waals surface area contributed by atoms with Crippen molar-refractivity contribution in [1.82, 2.24) is 5.32 Å². The van der Waals surface area contributed by atoms with E-state index in [4.69, 9.17) is 5.11 Å². The highest BCUT2D eigenvalue weighted by Gasteiger charge is 2.40. The van der Waals surface area contributed by atoms with Crippen LogP contribution >= 0.6 is 23.1 Å². The molecule has 1 aromatic rings. The lowest BCUT2D eigenvalue weighted by Crippen LogP contribution is -2.49. The first-order chi connectivity index (χ1) is 10.1. The van der Waals surface area contributed by atoms with Gasteiger partial charge < -0.3 is 10.4 Å². The van der Waals surface area contributed by atoms with Gasteiger partial charge in [-0.25, -0.2) is 0 Å². The van der Waals surface area contributed by atoms with E-state index in [1.54, 1.807) is 23.1 Å². The van der Waals surface area contributed by atoms with E-state index in [0.29, 0.717) is 0 Å². The summed E-state index contributed by atoms with van der Waals surface area (Å²) in [4.78, 5) is 25.1. The minimum Gasteiger partial charge on any atom is -0.481 e. The molecule has 1 atom stereocenters. The zero-order valence-corrected chi connectivity index (χ0v) is 13.4. The highest BCUT2D eigenvalue weighted by atomic mass is 32.2. The first-order valence-corrected chi connectivity index (χ1v) is 9.24. The molecule has 114 valence electrons. The quantitative estimate of drug-likeness (QED) is 0.893. The van der Waals surface area contributed by atoms with E-state index in [0.717, 1.165) is 43.4 Å². The predicted octanol–water partition coefficient (Wildman–Crippen LogP) is 2.98. The Bertz CT molecular complexity index is 549. The molecule has 0 bridgehead atoms. The van der Waals surface area contributed by atoms with E-state index in [9.17, 15) is 9.59 Å². The van der Waals surface area contributed by atoms with Crippen molar-refractivity contribution in [2.75, 3.05) is 5.75 Å². The number of carboxylic acids is 1. The molecule has 4 nitrogen and oxygen atoms in total. The molecule has 0 aromatic carbocycles. The van der Waals surface area contributed by atoms with Crippen molar-refractivity contribution < 1.29 is 14.7 Å². The second-order valence-corrected chi connectivity index (χ2v) is 8.06. The van der Waals surface area contributed by atoms with Crippen LogP contribution in [-0.4, -0.2) is 28.3 Å². The minimum atomic E-state index is -0.829. The summed E-state index contributed by atoms with van der Waals surface area (Å²) in [6.45, 7) is 0. The number of thioether (sulfide) groups is 1. The third kappa shape index (κ3) is 3.11. The standard InChI is InChI=1S/C15H19NO3S2/c17-12(18)9-15(5-1-2-6-15)16-14(19)13-10-3-7-20-11(10)4-8-21-13/h3,7,13H,1-2,4-6,8-9H2,(H,16,19)(H,17,18). The fourth-order valence-electron chi connectivity index (χ4n) is 3.38. The topological polar surface area (TPSA) is 66.4 Å². The van der Waals surface area contributed by atoms with E-state index in [1.165, 1.54) is 4.88 Å². The molecule has 1 aliphatic heterocycles. The number of aryl methyl sites for hydroxylation is 1. The lowest BCUT2D eigenvalue weighted by atomic mass is 9.92. The largest absolute Gasteiger partial charge is 0.481 e. The lowest BCUT2D eigenvalue weighted by molar-refractivity contribution is -0.139. The molecule has 21 heavy (non-hydrogen) atoms. The molecule has 1 amide bonds. The van der Waals surface area contributed by atoms with Crippen molar-refractivity contribution in [3.63, 3.8) is 0 Å². The van der Waals surface area contributed by atoms with Crippen LogP contribution in [0.4, 0.5) is 0 Å². The van der Waals surface area contributed by atoms with Crippen LogP contribution in [0, 0.1) is 0 Å². The average molecular weight is 325 g/mol. The maximum absolute atomic E-state index is 12.7. The Balaban J connectivity index is 1.75. The number of carbonyl (C=O) groups is 2. The molecule has 0 saturated heterocycles. The van der Waals surface area contributed by atoms with Crippen molar-refractivity contribution in [3.05, 3.63) is 21.9 Å². The van der Waals surface area contributed by atoms with Crippen LogP contribution in [0.1, 0.15) is 47.8 Å². The van der Waals surface area contributed by atoms with Crippen molar-refractivity contribution in [1.29, 1.82) is 0 Å². The molecule has 2 heterocycles. The van der Waals surface area contributed by atoms with E-state index >= 15 is 0 Å². The fourth-order valence-corrected chi connectivity index (χ4v) is 5.67. The number of rotatable bonds is 4. The number of fused-ring (bicyclic) bond motifs is 1. The third-order valence-corrected chi connectivity index (χ3v) is 6.59. The van der Waals surface area contributed by atoms with Gasteiger partial charge in [0.1, 0.15) is 5.25 Å². The third-order valence-electron chi connectivity index (χ3n) is 4.35. The molecule has 1 aromatic heterocycles. The summed E-state index contributed by atoms with van der Waals surface area (Å²) in [7, 11) is 0. The molecule has 2 aliphatic rings. The molecule has 1 saturated carbocycles. The van der Waals surface area contributed by atoms with Crippen LogP contribution in [0.5, 0.6) is 0 Å².